The summed E-state index contributed by atoms with van der Waals surface area (Å²) >= 11 is 0. The van der Waals surface area contributed by atoms with Crippen molar-refractivity contribution in [3.63, 3.8) is 0 Å². The molecule has 0 aliphatic carbocycles. The summed E-state index contributed by atoms with van der Waals surface area (Å²) in [6.45, 7) is 2.11. The van der Waals surface area contributed by atoms with Crippen LogP contribution in [0.4, 0.5) is 5.69 Å². The molecule has 0 aliphatic heterocycles. The normalized spacial score (nSPS) is 11.6. The van der Waals surface area contributed by atoms with Gasteiger partial charge in [-0.05, 0) is 24.3 Å². The van der Waals surface area contributed by atoms with Gasteiger partial charge in [0.15, 0.2) is 0 Å². The van der Waals surface area contributed by atoms with Crippen LogP contribution in [0.1, 0.15) is 12.5 Å². The van der Waals surface area contributed by atoms with Crippen molar-refractivity contribution in [3.8, 4) is 6.07 Å². The van der Waals surface area contributed by atoms with Gasteiger partial charge in [0, 0.05) is 19.3 Å². The maximum Gasteiger partial charge on any atom is 0.308 e. The van der Waals surface area contributed by atoms with Gasteiger partial charge in [-0.15, -0.1) is 0 Å². The standard InChI is InChI=1S/C12H14N2O2/c1-9(12(15)16)8-14(2)11-5-3-10(7-13)4-6-11/h3-6,9H,8H2,1-2H3,(H,15,16). The molecule has 0 saturated heterocycles. The number of nitriles is 1. The number of anilines is 1. The summed E-state index contributed by atoms with van der Waals surface area (Å²) in [6.07, 6.45) is 0. The average Bonchev–Trinajstić information content (AvgIpc) is 2.28. The molecule has 1 aromatic rings. The van der Waals surface area contributed by atoms with Gasteiger partial charge in [-0.1, -0.05) is 6.92 Å². The molecular formula is C12H14N2O2. The molecule has 0 amide bonds. The molecule has 4 nitrogen and oxygen atoms in total. The van der Waals surface area contributed by atoms with Gasteiger partial charge < -0.3 is 10.0 Å². The Morgan fingerprint density at radius 3 is 2.50 bits per heavy atom. The summed E-state index contributed by atoms with van der Waals surface area (Å²) in [7, 11) is 1.83. The first-order valence-corrected chi connectivity index (χ1v) is 4.98. The first-order valence-electron chi connectivity index (χ1n) is 4.98. The van der Waals surface area contributed by atoms with Gasteiger partial charge in [0.05, 0.1) is 17.6 Å². The predicted octanol–water partition coefficient (Wildman–Crippen LogP) is 1.72. The van der Waals surface area contributed by atoms with Gasteiger partial charge in [0.2, 0.25) is 0 Å². The van der Waals surface area contributed by atoms with E-state index in [9.17, 15) is 4.79 Å². The van der Waals surface area contributed by atoms with Gasteiger partial charge in [0.25, 0.3) is 0 Å². The van der Waals surface area contributed by atoms with E-state index < -0.39 is 11.9 Å². The van der Waals surface area contributed by atoms with Crippen LogP contribution in [-0.4, -0.2) is 24.7 Å². The van der Waals surface area contributed by atoms with E-state index in [1.807, 2.05) is 30.1 Å². The Morgan fingerprint density at radius 1 is 1.50 bits per heavy atom. The third-order valence-electron chi connectivity index (χ3n) is 2.41. The topological polar surface area (TPSA) is 64.3 Å². The third kappa shape index (κ3) is 2.99. The SMILES string of the molecule is CC(CN(C)c1ccc(C#N)cc1)C(=O)O. The Kier molecular flexibility index (Phi) is 3.90. The van der Waals surface area contributed by atoms with Crippen molar-refractivity contribution < 1.29 is 9.90 Å². The van der Waals surface area contributed by atoms with Crippen LogP contribution in [0.15, 0.2) is 24.3 Å². The minimum atomic E-state index is -0.805. The molecule has 84 valence electrons. The molecule has 0 heterocycles. The van der Waals surface area contributed by atoms with Crippen LogP contribution in [0, 0.1) is 17.2 Å². The summed E-state index contributed by atoms with van der Waals surface area (Å²) in [6, 6.07) is 9.10. The molecule has 0 fully saturated rings. The van der Waals surface area contributed by atoms with E-state index in [1.165, 1.54) is 0 Å². The number of hydrogen-bond acceptors (Lipinski definition) is 3. The highest BCUT2D eigenvalue weighted by atomic mass is 16.4. The highest BCUT2D eigenvalue weighted by Gasteiger charge is 2.13. The van der Waals surface area contributed by atoms with Crippen molar-refractivity contribution in [1.82, 2.24) is 0 Å². The van der Waals surface area contributed by atoms with Crippen molar-refractivity contribution in [2.24, 2.45) is 5.92 Å². The Labute approximate surface area is 94.7 Å². The fourth-order valence-electron chi connectivity index (χ4n) is 1.38. The van der Waals surface area contributed by atoms with E-state index in [-0.39, 0.29) is 0 Å². The lowest BCUT2D eigenvalue weighted by molar-refractivity contribution is -0.140. The first kappa shape index (κ1) is 12.1. The Hall–Kier alpha value is -2.02. The number of carboxylic acid groups (broad SMARTS) is 1. The van der Waals surface area contributed by atoms with E-state index >= 15 is 0 Å². The largest absolute Gasteiger partial charge is 0.481 e. The molecule has 0 aliphatic rings. The number of carboxylic acids is 1. The number of carbonyl (C=O) groups is 1. The molecule has 1 rings (SSSR count). The van der Waals surface area contributed by atoms with E-state index in [2.05, 4.69) is 0 Å². The molecule has 0 radical (unpaired) electrons. The van der Waals surface area contributed by atoms with Gasteiger partial charge in [-0.25, -0.2) is 0 Å². The second kappa shape index (κ2) is 5.17. The molecule has 4 heteroatoms. The smallest absolute Gasteiger partial charge is 0.308 e. The van der Waals surface area contributed by atoms with Crippen LogP contribution in [0.5, 0.6) is 0 Å². The molecule has 16 heavy (non-hydrogen) atoms. The van der Waals surface area contributed by atoms with E-state index in [1.54, 1.807) is 19.1 Å². The number of aliphatic carboxylic acids is 1. The van der Waals surface area contributed by atoms with Crippen molar-refractivity contribution in [3.05, 3.63) is 29.8 Å². The average molecular weight is 218 g/mol. The van der Waals surface area contributed by atoms with Gasteiger partial charge in [-0.3, -0.25) is 4.79 Å². The maximum atomic E-state index is 10.7. The number of rotatable bonds is 4. The highest BCUT2D eigenvalue weighted by molar-refractivity contribution is 5.70. The van der Waals surface area contributed by atoms with E-state index in [0.717, 1.165) is 5.69 Å². The highest BCUT2D eigenvalue weighted by Crippen LogP contribution is 2.14. The summed E-state index contributed by atoms with van der Waals surface area (Å²) in [5.74, 6) is -1.22. The van der Waals surface area contributed by atoms with Crippen LogP contribution in [0.25, 0.3) is 0 Å². The number of benzene rings is 1. The van der Waals surface area contributed by atoms with Crippen molar-refractivity contribution in [2.45, 2.75) is 6.92 Å². The van der Waals surface area contributed by atoms with E-state index in [0.29, 0.717) is 12.1 Å². The molecule has 0 saturated carbocycles. The second-order valence-corrected chi connectivity index (χ2v) is 3.78. The van der Waals surface area contributed by atoms with Crippen molar-refractivity contribution >= 4 is 11.7 Å². The third-order valence-corrected chi connectivity index (χ3v) is 2.41. The summed E-state index contributed by atoms with van der Waals surface area (Å²) in [5.41, 5.74) is 1.51. The van der Waals surface area contributed by atoms with Crippen LogP contribution < -0.4 is 4.90 Å². The van der Waals surface area contributed by atoms with Crippen LogP contribution in [0.2, 0.25) is 0 Å². The number of nitrogens with zero attached hydrogens (tertiary/aromatic N) is 2. The first-order chi connectivity index (χ1) is 7.54. The van der Waals surface area contributed by atoms with Gasteiger partial charge in [0.1, 0.15) is 0 Å². The summed E-state index contributed by atoms with van der Waals surface area (Å²) in [5, 5.41) is 17.4. The molecule has 0 spiro atoms. The van der Waals surface area contributed by atoms with Crippen LogP contribution in [-0.2, 0) is 4.79 Å². The van der Waals surface area contributed by atoms with Gasteiger partial charge in [-0.2, -0.15) is 5.26 Å². The fourth-order valence-corrected chi connectivity index (χ4v) is 1.38. The quantitative estimate of drug-likeness (QED) is 0.835. The molecule has 1 unspecified atom stereocenters. The summed E-state index contributed by atoms with van der Waals surface area (Å²) in [4.78, 5) is 12.6. The van der Waals surface area contributed by atoms with Crippen LogP contribution >= 0.6 is 0 Å². The minimum absolute atomic E-state index is 0.416. The zero-order chi connectivity index (χ0) is 12.1. The maximum absolute atomic E-state index is 10.7. The molecule has 1 aromatic carbocycles. The monoisotopic (exact) mass is 218 g/mol. The lowest BCUT2D eigenvalue weighted by Gasteiger charge is -2.21. The van der Waals surface area contributed by atoms with Crippen LogP contribution in [0.3, 0.4) is 0 Å². The Bertz CT molecular complexity index is 406. The zero-order valence-electron chi connectivity index (χ0n) is 9.34. The fraction of sp³-hybridized carbons (Fsp3) is 0.333. The van der Waals surface area contributed by atoms with Crippen molar-refractivity contribution in [2.75, 3.05) is 18.5 Å². The van der Waals surface area contributed by atoms with Crippen molar-refractivity contribution in [1.29, 1.82) is 5.26 Å². The predicted molar refractivity (Wildman–Crippen MR) is 61.2 cm³/mol. The Morgan fingerprint density at radius 2 is 2.06 bits per heavy atom. The summed E-state index contributed by atoms with van der Waals surface area (Å²) < 4.78 is 0. The molecular weight excluding hydrogens is 204 g/mol. The lowest BCUT2D eigenvalue weighted by atomic mass is 10.1. The lowest BCUT2D eigenvalue weighted by Crippen LogP contribution is -2.28. The molecule has 0 bridgehead atoms. The molecule has 1 atom stereocenters. The molecule has 0 aromatic heterocycles. The Balaban J connectivity index is 2.70. The number of hydrogen-bond donors (Lipinski definition) is 1. The minimum Gasteiger partial charge on any atom is -0.481 e. The molecule has 1 N–H and O–H groups in total. The second-order valence-electron chi connectivity index (χ2n) is 3.78. The van der Waals surface area contributed by atoms with Gasteiger partial charge >= 0.3 is 5.97 Å². The zero-order valence-corrected chi connectivity index (χ0v) is 9.34. The van der Waals surface area contributed by atoms with E-state index in [4.69, 9.17) is 10.4 Å².